The molecular weight excluding hydrogens is 225 g/mol. The van der Waals surface area contributed by atoms with Crippen molar-refractivity contribution in [2.24, 2.45) is 11.8 Å². The average Bonchev–Trinajstić information content (AvgIpc) is 2.04. The number of rotatable bonds is 2. The molecule has 1 fully saturated rings. The molecule has 1 aliphatic carbocycles. The molecule has 0 aromatic heterocycles. The van der Waals surface area contributed by atoms with Gasteiger partial charge < -0.3 is 10.2 Å². The largest absolute Gasteiger partial charge is 0.481 e. The molecule has 0 bridgehead atoms. The minimum atomic E-state index is -0.793. The van der Waals surface area contributed by atoms with Crippen molar-refractivity contribution >= 4 is 11.9 Å². The molecule has 5 heteroatoms. The van der Waals surface area contributed by atoms with Crippen molar-refractivity contribution in [1.29, 1.82) is 0 Å². The smallest absolute Gasteiger partial charge is 0.306 e. The van der Waals surface area contributed by atoms with E-state index in [0.717, 1.165) is 0 Å². The maximum Gasteiger partial charge on any atom is 0.306 e. The molecule has 0 radical (unpaired) electrons. The molecule has 13 heavy (non-hydrogen) atoms. The number of hydrogen-bond acceptors (Lipinski definition) is 2. The van der Waals surface area contributed by atoms with Gasteiger partial charge in [-0.3, -0.25) is 9.59 Å². The molecule has 0 aromatic rings. The van der Waals surface area contributed by atoms with E-state index in [-0.39, 0.29) is 31.3 Å². The van der Waals surface area contributed by atoms with Crippen LogP contribution in [0.3, 0.4) is 0 Å². The van der Waals surface area contributed by atoms with Crippen molar-refractivity contribution < 1.29 is 39.3 Å². The van der Waals surface area contributed by atoms with Gasteiger partial charge in [0.2, 0.25) is 0 Å². The third-order valence-corrected chi connectivity index (χ3v) is 2.43. The molecule has 0 aromatic carbocycles. The number of carboxylic acid groups (broad SMARTS) is 2. The van der Waals surface area contributed by atoms with E-state index in [0.29, 0.717) is 25.7 Å². The summed E-state index contributed by atoms with van der Waals surface area (Å²) in [4.78, 5) is 21.0. The van der Waals surface area contributed by atoms with Crippen molar-refractivity contribution in [3.63, 3.8) is 0 Å². The number of hydrogen-bond donors (Lipinski definition) is 2. The monoisotopic (exact) mass is 236 g/mol. The van der Waals surface area contributed by atoms with Gasteiger partial charge in [-0.15, -0.1) is 0 Å². The molecule has 4 nitrogen and oxygen atoms in total. The summed E-state index contributed by atoms with van der Waals surface area (Å²) >= 11 is 0. The molecule has 2 N–H and O–H groups in total. The van der Waals surface area contributed by atoms with Crippen LogP contribution in [0.2, 0.25) is 0 Å². The van der Waals surface area contributed by atoms with Crippen molar-refractivity contribution in [1.82, 2.24) is 0 Å². The number of aliphatic carboxylic acids is 2. The fraction of sp³-hybridized carbons (Fsp3) is 0.750. The molecule has 0 saturated heterocycles. The van der Waals surface area contributed by atoms with Gasteiger partial charge in [0.15, 0.2) is 0 Å². The molecule has 1 saturated carbocycles. The minimum Gasteiger partial charge on any atom is -0.481 e. The second-order valence-electron chi connectivity index (χ2n) is 3.23. The quantitative estimate of drug-likeness (QED) is 0.702. The minimum absolute atomic E-state index is 0. The van der Waals surface area contributed by atoms with Gasteiger partial charge in [0, 0.05) is 19.5 Å². The first kappa shape index (κ1) is 12.6. The van der Waals surface area contributed by atoms with E-state index in [9.17, 15) is 9.59 Å². The van der Waals surface area contributed by atoms with Crippen LogP contribution in [0.25, 0.3) is 0 Å². The Bertz CT molecular complexity index is 174. The molecule has 0 spiro atoms. The summed E-state index contributed by atoms with van der Waals surface area (Å²) in [5.74, 6) is -2.22. The summed E-state index contributed by atoms with van der Waals surface area (Å²) in [5, 5.41) is 17.2. The van der Waals surface area contributed by atoms with Gasteiger partial charge in [-0.1, -0.05) is 0 Å². The van der Waals surface area contributed by atoms with E-state index < -0.39 is 11.9 Å². The summed E-state index contributed by atoms with van der Waals surface area (Å²) in [7, 11) is 0. The van der Waals surface area contributed by atoms with E-state index >= 15 is 0 Å². The van der Waals surface area contributed by atoms with Crippen LogP contribution in [0, 0.1) is 11.8 Å². The first-order valence-corrected chi connectivity index (χ1v) is 4.07. The average molecular weight is 238 g/mol. The Hall–Kier alpha value is -0.437. The Kier molecular flexibility index (Phi) is 5.15. The second-order valence-corrected chi connectivity index (χ2v) is 3.23. The fourth-order valence-corrected chi connectivity index (χ4v) is 1.59. The van der Waals surface area contributed by atoms with E-state index in [2.05, 4.69) is 0 Å². The predicted molar refractivity (Wildman–Crippen MR) is 40.7 cm³/mol. The molecule has 0 unspecified atom stereocenters. The van der Waals surface area contributed by atoms with Gasteiger partial charge in [0.1, 0.15) is 0 Å². The van der Waals surface area contributed by atoms with Crippen LogP contribution in [0.1, 0.15) is 25.7 Å². The van der Waals surface area contributed by atoms with E-state index in [1.807, 2.05) is 0 Å². The molecule has 0 amide bonds. The summed E-state index contributed by atoms with van der Waals surface area (Å²) in [6.45, 7) is 0. The Balaban J connectivity index is 0.00000144. The summed E-state index contributed by atoms with van der Waals surface area (Å²) < 4.78 is 0. The van der Waals surface area contributed by atoms with E-state index in [1.54, 1.807) is 0 Å². The fourth-order valence-electron chi connectivity index (χ4n) is 1.59. The number of carboxylic acids is 2. The van der Waals surface area contributed by atoms with Gasteiger partial charge in [-0.2, -0.15) is 0 Å². The maximum atomic E-state index is 10.5. The van der Waals surface area contributed by atoms with Gasteiger partial charge in [-0.05, 0) is 25.7 Å². The summed E-state index contributed by atoms with van der Waals surface area (Å²) in [6.07, 6.45) is 2.03. The van der Waals surface area contributed by atoms with Crippen molar-refractivity contribution in [3.05, 3.63) is 0 Å². The second kappa shape index (κ2) is 5.33. The van der Waals surface area contributed by atoms with Crippen LogP contribution in [0.4, 0.5) is 0 Å². The SMILES string of the molecule is O=C(O)C1CCC(C(=O)O)CC1.[Zn]. The Morgan fingerprint density at radius 1 is 0.846 bits per heavy atom. The van der Waals surface area contributed by atoms with Crippen molar-refractivity contribution in [2.75, 3.05) is 0 Å². The Labute approximate surface area is 89.1 Å². The van der Waals surface area contributed by atoms with Crippen molar-refractivity contribution in [3.8, 4) is 0 Å². The van der Waals surface area contributed by atoms with Crippen molar-refractivity contribution in [2.45, 2.75) is 25.7 Å². The summed E-state index contributed by atoms with van der Waals surface area (Å²) in [6, 6.07) is 0. The molecule has 0 atom stereocenters. The van der Waals surface area contributed by atoms with Crippen LogP contribution >= 0.6 is 0 Å². The zero-order valence-corrected chi connectivity index (χ0v) is 10.4. The molecule has 0 aliphatic heterocycles. The Morgan fingerprint density at radius 2 is 1.08 bits per heavy atom. The molecule has 70 valence electrons. The van der Waals surface area contributed by atoms with Gasteiger partial charge >= 0.3 is 11.9 Å². The number of carbonyl (C=O) groups is 2. The normalized spacial score (nSPS) is 27.4. The van der Waals surface area contributed by atoms with Gasteiger partial charge in [0.05, 0.1) is 11.8 Å². The molecule has 1 rings (SSSR count). The molecular formula is C8H12O4Zn. The standard InChI is InChI=1S/C8H12O4.Zn/c9-7(10)5-1-2-6(4-3-5)8(11)12;/h5-6H,1-4H2,(H,9,10)(H,11,12);. The van der Waals surface area contributed by atoms with Crippen LogP contribution < -0.4 is 0 Å². The first-order valence-electron chi connectivity index (χ1n) is 4.07. The third-order valence-electron chi connectivity index (χ3n) is 2.43. The van der Waals surface area contributed by atoms with Gasteiger partial charge in [0.25, 0.3) is 0 Å². The molecule has 1 aliphatic rings. The third kappa shape index (κ3) is 3.43. The van der Waals surface area contributed by atoms with Crippen LogP contribution in [-0.2, 0) is 29.1 Å². The van der Waals surface area contributed by atoms with E-state index in [4.69, 9.17) is 10.2 Å². The Morgan fingerprint density at radius 3 is 1.23 bits per heavy atom. The molecule has 0 heterocycles. The van der Waals surface area contributed by atoms with Crippen LogP contribution in [-0.4, -0.2) is 22.2 Å². The van der Waals surface area contributed by atoms with Crippen LogP contribution in [0.5, 0.6) is 0 Å². The van der Waals surface area contributed by atoms with Crippen LogP contribution in [0.15, 0.2) is 0 Å². The van der Waals surface area contributed by atoms with Gasteiger partial charge in [-0.25, -0.2) is 0 Å². The van der Waals surface area contributed by atoms with E-state index in [1.165, 1.54) is 0 Å². The predicted octanol–water partition coefficient (Wildman–Crippen LogP) is 0.959. The maximum absolute atomic E-state index is 10.5. The zero-order chi connectivity index (χ0) is 9.14. The zero-order valence-electron chi connectivity index (χ0n) is 7.40. The summed E-state index contributed by atoms with van der Waals surface area (Å²) in [5.41, 5.74) is 0. The topological polar surface area (TPSA) is 74.6 Å². The first-order chi connectivity index (χ1) is 5.61.